The van der Waals surface area contributed by atoms with Gasteiger partial charge in [0.05, 0.1) is 6.04 Å². The van der Waals surface area contributed by atoms with Crippen molar-refractivity contribution in [3.8, 4) is 0 Å². The summed E-state index contributed by atoms with van der Waals surface area (Å²) in [6.07, 6.45) is 2.44. The van der Waals surface area contributed by atoms with Crippen LogP contribution in [0.5, 0.6) is 0 Å². The van der Waals surface area contributed by atoms with Crippen LogP contribution >= 0.6 is 11.5 Å². The van der Waals surface area contributed by atoms with Gasteiger partial charge in [0.25, 0.3) is 0 Å². The highest BCUT2D eigenvalue weighted by atomic mass is 32.1. The van der Waals surface area contributed by atoms with Gasteiger partial charge in [0.1, 0.15) is 5.82 Å². The summed E-state index contributed by atoms with van der Waals surface area (Å²) in [7, 11) is 0. The van der Waals surface area contributed by atoms with E-state index in [0.29, 0.717) is 12.0 Å². The molecule has 3 nitrogen and oxygen atoms in total. The van der Waals surface area contributed by atoms with Crippen LogP contribution in [0.2, 0.25) is 0 Å². The number of benzene rings is 1. The lowest BCUT2D eigenvalue weighted by Gasteiger charge is -2.23. The Labute approximate surface area is 118 Å². The van der Waals surface area contributed by atoms with Crippen LogP contribution in [-0.4, -0.2) is 15.9 Å². The first kappa shape index (κ1) is 12.6. The van der Waals surface area contributed by atoms with Crippen molar-refractivity contribution in [2.24, 2.45) is 0 Å². The van der Waals surface area contributed by atoms with Crippen LogP contribution in [0.15, 0.2) is 30.3 Å². The van der Waals surface area contributed by atoms with Gasteiger partial charge >= 0.3 is 0 Å². The zero-order chi connectivity index (χ0) is 13.2. The van der Waals surface area contributed by atoms with Crippen molar-refractivity contribution in [1.82, 2.24) is 9.36 Å². The predicted octanol–water partition coefficient (Wildman–Crippen LogP) is 4.00. The van der Waals surface area contributed by atoms with Crippen LogP contribution in [0.25, 0.3) is 0 Å². The summed E-state index contributed by atoms with van der Waals surface area (Å²) in [5, 5.41) is 1.08. The summed E-state index contributed by atoms with van der Waals surface area (Å²) in [6.45, 7) is 5.38. The first-order chi connectivity index (χ1) is 9.25. The molecule has 0 bridgehead atoms. The molecule has 1 aromatic heterocycles. The summed E-state index contributed by atoms with van der Waals surface area (Å²) in [5.41, 5.74) is 1.39. The topological polar surface area (TPSA) is 29.0 Å². The van der Waals surface area contributed by atoms with E-state index < -0.39 is 0 Å². The van der Waals surface area contributed by atoms with Gasteiger partial charge in [0, 0.05) is 24.0 Å². The Morgan fingerprint density at radius 1 is 1.26 bits per heavy atom. The van der Waals surface area contributed by atoms with Crippen molar-refractivity contribution in [1.29, 1.82) is 0 Å². The number of aromatic nitrogens is 2. The van der Waals surface area contributed by atoms with E-state index in [2.05, 4.69) is 53.5 Å². The molecule has 19 heavy (non-hydrogen) atoms. The zero-order valence-corrected chi connectivity index (χ0v) is 12.2. The fourth-order valence-electron chi connectivity index (χ4n) is 2.59. The Hall–Kier alpha value is -1.42. The molecule has 2 aromatic rings. The van der Waals surface area contributed by atoms with Crippen molar-refractivity contribution in [3.05, 3.63) is 41.7 Å². The highest BCUT2D eigenvalue weighted by Crippen LogP contribution is 2.37. The molecule has 0 spiro atoms. The third-order valence-corrected chi connectivity index (χ3v) is 4.40. The molecule has 2 heterocycles. The van der Waals surface area contributed by atoms with Gasteiger partial charge in [-0.25, -0.2) is 4.98 Å². The standard InChI is InChI=1S/C15H19N3S/c1-11(2)14-16-15(19-17-14)18-10-6-9-13(18)12-7-4-3-5-8-12/h3-5,7-8,11,13H,6,9-10H2,1-2H3. The second kappa shape index (κ2) is 5.29. The normalized spacial score (nSPS) is 19.3. The van der Waals surface area contributed by atoms with Gasteiger partial charge < -0.3 is 4.90 Å². The first-order valence-electron chi connectivity index (χ1n) is 6.91. The van der Waals surface area contributed by atoms with Gasteiger partial charge in [-0.15, -0.1) is 0 Å². The predicted molar refractivity (Wildman–Crippen MR) is 79.8 cm³/mol. The summed E-state index contributed by atoms with van der Waals surface area (Å²) < 4.78 is 4.48. The van der Waals surface area contributed by atoms with E-state index >= 15 is 0 Å². The Kier molecular flexibility index (Phi) is 3.51. The number of hydrogen-bond acceptors (Lipinski definition) is 4. The Bertz CT molecular complexity index is 535. The molecule has 0 aliphatic carbocycles. The van der Waals surface area contributed by atoms with Crippen LogP contribution in [0.4, 0.5) is 5.13 Å². The van der Waals surface area contributed by atoms with Gasteiger partial charge in [-0.1, -0.05) is 44.2 Å². The maximum absolute atomic E-state index is 4.70. The molecule has 1 atom stereocenters. The molecule has 0 N–H and O–H groups in total. The molecule has 0 saturated carbocycles. The van der Waals surface area contributed by atoms with E-state index in [0.717, 1.165) is 17.5 Å². The minimum absolute atomic E-state index is 0.405. The number of hydrogen-bond donors (Lipinski definition) is 0. The largest absolute Gasteiger partial charge is 0.340 e. The lowest BCUT2D eigenvalue weighted by Crippen LogP contribution is -2.22. The Morgan fingerprint density at radius 2 is 2.05 bits per heavy atom. The minimum Gasteiger partial charge on any atom is -0.340 e. The van der Waals surface area contributed by atoms with E-state index in [1.807, 2.05) is 0 Å². The molecule has 3 rings (SSSR count). The van der Waals surface area contributed by atoms with Crippen molar-refractivity contribution < 1.29 is 0 Å². The monoisotopic (exact) mass is 273 g/mol. The smallest absolute Gasteiger partial charge is 0.205 e. The van der Waals surface area contributed by atoms with Crippen LogP contribution in [-0.2, 0) is 0 Å². The van der Waals surface area contributed by atoms with Gasteiger partial charge in [-0.05, 0) is 18.4 Å². The third-order valence-electron chi connectivity index (χ3n) is 3.63. The summed E-state index contributed by atoms with van der Waals surface area (Å²) in [6, 6.07) is 11.2. The van der Waals surface area contributed by atoms with Gasteiger partial charge in [0.2, 0.25) is 5.13 Å². The zero-order valence-electron chi connectivity index (χ0n) is 11.4. The third kappa shape index (κ3) is 2.50. The Morgan fingerprint density at radius 3 is 2.74 bits per heavy atom. The van der Waals surface area contributed by atoms with E-state index in [4.69, 9.17) is 4.98 Å². The molecule has 1 fully saturated rings. The number of anilines is 1. The molecule has 4 heteroatoms. The van der Waals surface area contributed by atoms with Crippen molar-refractivity contribution in [3.63, 3.8) is 0 Å². The SMILES string of the molecule is CC(C)c1nsc(N2CCCC2c2ccccc2)n1. The molecule has 1 aliphatic rings. The van der Waals surface area contributed by atoms with E-state index in [-0.39, 0.29) is 0 Å². The van der Waals surface area contributed by atoms with E-state index in [9.17, 15) is 0 Å². The second-order valence-corrected chi connectivity index (χ2v) is 6.08. The van der Waals surface area contributed by atoms with E-state index in [1.165, 1.54) is 29.9 Å². The fourth-order valence-corrected chi connectivity index (χ4v) is 3.48. The second-order valence-electron chi connectivity index (χ2n) is 5.35. The van der Waals surface area contributed by atoms with Crippen molar-refractivity contribution in [2.75, 3.05) is 11.4 Å². The lowest BCUT2D eigenvalue weighted by atomic mass is 10.1. The van der Waals surface area contributed by atoms with Crippen molar-refractivity contribution in [2.45, 2.75) is 38.6 Å². The quantitative estimate of drug-likeness (QED) is 0.846. The molecule has 1 aromatic carbocycles. The van der Waals surface area contributed by atoms with Crippen LogP contribution < -0.4 is 4.90 Å². The molecule has 1 unspecified atom stereocenters. The fraction of sp³-hybridized carbons (Fsp3) is 0.467. The average Bonchev–Trinajstić information content (AvgIpc) is 3.08. The minimum atomic E-state index is 0.405. The summed E-state index contributed by atoms with van der Waals surface area (Å²) in [4.78, 5) is 7.12. The van der Waals surface area contributed by atoms with Gasteiger partial charge in [-0.3, -0.25) is 0 Å². The maximum atomic E-state index is 4.70. The molecular weight excluding hydrogens is 254 g/mol. The highest BCUT2D eigenvalue weighted by Gasteiger charge is 2.28. The maximum Gasteiger partial charge on any atom is 0.205 e. The number of rotatable bonds is 3. The average molecular weight is 273 g/mol. The summed E-state index contributed by atoms with van der Waals surface area (Å²) in [5.74, 6) is 1.38. The van der Waals surface area contributed by atoms with Gasteiger partial charge in [0.15, 0.2) is 0 Å². The molecule has 1 aliphatic heterocycles. The van der Waals surface area contributed by atoms with Crippen LogP contribution in [0.3, 0.4) is 0 Å². The van der Waals surface area contributed by atoms with Crippen LogP contribution in [0.1, 0.15) is 50.0 Å². The number of nitrogens with zero attached hydrogens (tertiary/aromatic N) is 3. The Balaban J connectivity index is 1.86. The van der Waals surface area contributed by atoms with Gasteiger partial charge in [-0.2, -0.15) is 4.37 Å². The summed E-state index contributed by atoms with van der Waals surface area (Å²) >= 11 is 1.54. The molecule has 0 radical (unpaired) electrons. The molecule has 100 valence electrons. The molecular formula is C15H19N3S. The first-order valence-corrected chi connectivity index (χ1v) is 7.68. The van der Waals surface area contributed by atoms with Crippen molar-refractivity contribution >= 4 is 16.7 Å². The molecule has 1 saturated heterocycles. The van der Waals surface area contributed by atoms with E-state index in [1.54, 1.807) is 0 Å². The lowest BCUT2D eigenvalue weighted by molar-refractivity contribution is 0.712. The molecule has 0 amide bonds. The highest BCUT2D eigenvalue weighted by molar-refractivity contribution is 7.09. The van der Waals surface area contributed by atoms with Crippen LogP contribution in [0, 0.1) is 0 Å².